The summed E-state index contributed by atoms with van der Waals surface area (Å²) in [7, 11) is 2.27. The fraction of sp³-hybridized carbons (Fsp3) is 1.00. The molecule has 5 heteroatoms. The van der Waals surface area contributed by atoms with Crippen LogP contribution in [0.5, 0.6) is 0 Å². The van der Waals surface area contributed by atoms with Gasteiger partial charge in [-0.05, 0) is 104 Å². The van der Waals surface area contributed by atoms with Crippen molar-refractivity contribution in [3.8, 4) is 0 Å². The van der Waals surface area contributed by atoms with Crippen molar-refractivity contribution in [2.24, 2.45) is 23.7 Å². The van der Waals surface area contributed by atoms with E-state index in [-0.39, 0.29) is 5.54 Å². The Kier molecular flexibility index (Phi) is 8.96. The van der Waals surface area contributed by atoms with Crippen LogP contribution in [0.25, 0.3) is 0 Å². The molecule has 0 bridgehead atoms. The van der Waals surface area contributed by atoms with Crippen molar-refractivity contribution in [2.75, 3.05) is 20.1 Å². The van der Waals surface area contributed by atoms with Gasteiger partial charge in [0, 0.05) is 16.6 Å². The van der Waals surface area contributed by atoms with E-state index >= 15 is 0 Å². The molecule has 0 radical (unpaired) electrons. The first-order valence-electron chi connectivity index (χ1n) is 11.8. The van der Waals surface area contributed by atoms with Gasteiger partial charge in [0.15, 0.2) is 0 Å². The summed E-state index contributed by atoms with van der Waals surface area (Å²) < 4.78 is 37.2. The average molecular weight is 435 g/mol. The Morgan fingerprint density at radius 2 is 1.17 bits per heavy atom. The Labute approximate surface area is 185 Å². The van der Waals surface area contributed by atoms with E-state index in [0.29, 0.717) is 29.5 Å². The highest BCUT2D eigenvalue weighted by molar-refractivity contribution is 4.98. The summed E-state index contributed by atoms with van der Waals surface area (Å²) in [5.74, 6) is 2.82. The number of piperidine rings is 2. The van der Waals surface area contributed by atoms with Crippen LogP contribution in [0.1, 0.15) is 94.9 Å². The number of nitrogens with zero attached hydrogens (tertiary/aromatic N) is 2. The van der Waals surface area contributed by atoms with E-state index in [1.165, 1.54) is 12.8 Å². The lowest BCUT2D eigenvalue weighted by molar-refractivity contribution is -0.164. The molecule has 2 nitrogen and oxygen atoms in total. The van der Waals surface area contributed by atoms with Crippen molar-refractivity contribution in [3.63, 3.8) is 0 Å². The summed E-state index contributed by atoms with van der Waals surface area (Å²) in [6.07, 6.45) is 0.342. The van der Waals surface area contributed by atoms with Gasteiger partial charge in [-0.2, -0.15) is 13.2 Å². The summed E-state index contributed by atoms with van der Waals surface area (Å²) in [6, 6.07) is 0. The Bertz CT molecular complexity index is 517. The molecule has 180 valence electrons. The summed E-state index contributed by atoms with van der Waals surface area (Å²) >= 11 is 0. The molecule has 2 saturated heterocycles. The second-order valence-corrected chi connectivity index (χ2v) is 12.4. The molecular formula is C25H49F3N2. The maximum absolute atomic E-state index is 12.4. The maximum Gasteiger partial charge on any atom is 0.401 e. The van der Waals surface area contributed by atoms with Gasteiger partial charge in [-0.3, -0.25) is 9.80 Å². The van der Waals surface area contributed by atoms with E-state index in [1.807, 2.05) is 13.8 Å². The third kappa shape index (κ3) is 7.69. The molecule has 0 N–H and O–H groups in total. The van der Waals surface area contributed by atoms with Crippen LogP contribution < -0.4 is 0 Å². The van der Waals surface area contributed by atoms with Crippen LogP contribution >= 0.6 is 0 Å². The molecule has 0 aromatic carbocycles. The van der Waals surface area contributed by atoms with Gasteiger partial charge in [-0.15, -0.1) is 0 Å². The number of hydrogen-bond acceptors (Lipinski definition) is 2. The van der Waals surface area contributed by atoms with Gasteiger partial charge in [0.25, 0.3) is 0 Å². The van der Waals surface area contributed by atoms with E-state index in [4.69, 9.17) is 0 Å². The third-order valence-corrected chi connectivity index (χ3v) is 7.98. The van der Waals surface area contributed by atoms with Gasteiger partial charge in [0.1, 0.15) is 0 Å². The number of alkyl halides is 3. The molecule has 2 fully saturated rings. The summed E-state index contributed by atoms with van der Waals surface area (Å²) in [6.45, 7) is 22.2. The van der Waals surface area contributed by atoms with Crippen molar-refractivity contribution in [1.82, 2.24) is 9.80 Å². The predicted molar refractivity (Wildman–Crippen MR) is 123 cm³/mol. The fourth-order valence-corrected chi connectivity index (χ4v) is 5.50. The number of rotatable bonds is 3. The predicted octanol–water partition coefficient (Wildman–Crippen LogP) is 7.24. The van der Waals surface area contributed by atoms with Crippen molar-refractivity contribution in [1.29, 1.82) is 0 Å². The van der Waals surface area contributed by atoms with Crippen LogP contribution in [0.15, 0.2) is 0 Å². The molecule has 2 aliphatic rings. The molecule has 0 aromatic heterocycles. The molecular weight excluding hydrogens is 385 g/mol. The average Bonchev–Trinajstić information content (AvgIpc) is 2.53. The number of likely N-dealkylation sites (tertiary alicyclic amines) is 2. The molecule has 30 heavy (non-hydrogen) atoms. The molecule has 0 aliphatic carbocycles. The van der Waals surface area contributed by atoms with Crippen LogP contribution in [0.4, 0.5) is 13.2 Å². The molecule has 1 unspecified atom stereocenters. The van der Waals surface area contributed by atoms with Crippen LogP contribution in [0.2, 0.25) is 0 Å². The lowest BCUT2D eigenvalue weighted by Crippen LogP contribution is -2.59. The van der Waals surface area contributed by atoms with Crippen LogP contribution in [0.3, 0.4) is 0 Å². The Morgan fingerprint density at radius 3 is 1.50 bits per heavy atom. The standard InChI is InChI=1S/C13H27N.C12H22F3N/c1-10(2)11-8-12(3,4)14(7)13(5,6)9-11;1-9(2)10-5-6-16(8-12(13,14)15)11(3,4)7-10/h10-11H,8-9H2,1-7H3;9-10H,5-8H2,1-4H3. The lowest BCUT2D eigenvalue weighted by atomic mass is 9.70. The smallest absolute Gasteiger partial charge is 0.296 e. The van der Waals surface area contributed by atoms with Gasteiger partial charge in [-0.25, -0.2) is 0 Å². The first kappa shape index (κ1) is 27.7. The lowest BCUT2D eigenvalue weighted by Gasteiger charge is -2.54. The van der Waals surface area contributed by atoms with Crippen molar-refractivity contribution >= 4 is 0 Å². The van der Waals surface area contributed by atoms with Crippen molar-refractivity contribution in [3.05, 3.63) is 0 Å². The zero-order valence-electron chi connectivity index (χ0n) is 21.6. The Balaban J connectivity index is 0.000000303. The second-order valence-electron chi connectivity index (χ2n) is 12.4. The van der Waals surface area contributed by atoms with Gasteiger partial charge in [0.2, 0.25) is 0 Å². The van der Waals surface area contributed by atoms with Crippen LogP contribution in [-0.2, 0) is 0 Å². The topological polar surface area (TPSA) is 6.48 Å². The van der Waals surface area contributed by atoms with Crippen molar-refractivity contribution < 1.29 is 13.2 Å². The van der Waals surface area contributed by atoms with E-state index in [0.717, 1.165) is 24.7 Å². The highest BCUT2D eigenvalue weighted by Crippen LogP contribution is 2.42. The number of hydrogen-bond donors (Lipinski definition) is 0. The monoisotopic (exact) mass is 434 g/mol. The SMILES string of the molecule is CC(C)C1CC(C)(C)N(C)C(C)(C)C1.CC(C)C1CCN(CC(F)(F)F)C(C)(C)C1. The normalized spacial score (nSPS) is 27.8. The summed E-state index contributed by atoms with van der Waals surface area (Å²) in [5, 5.41) is 0. The molecule has 0 aromatic rings. The Hall–Kier alpha value is -0.290. The van der Waals surface area contributed by atoms with Gasteiger partial charge >= 0.3 is 6.18 Å². The minimum atomic E-state index is -4.08. The van der Waals surface area contributed by atoms with E-state index in [9.17, 15) is 13.2 Å². The maximum atomic E-state index is 12.4. The first-order chi connectivity index (χ1) is 13.3. The van der Waals surface area contributed by atoms with Gasteiger partial charge in [0.05, 0.1) is 6.54 Å². The Morgan fingerprint density at radius 1 is 0.767 bits per heavy atom. The molecule has 2 heterocycles. The zero-order chi connectivity index (χ0) is 23.7. The minimum absolute atomic E-state index is 0.331. The quantitative estimate of drug-likeness (QED) is 0.462. The van der Waals surface area contributed by atoms with Crippen LogP contribution in [0, 0.1) is 23.7 Å². The molecule has 2 aliphatic heterocycles. The molecule has 0 spiro atoms. The highest BCUT2D eigenvalue weighted by atomic mass is 19.4. The van der Waals surface area contributed by atoms with Crippen LogP contribution in [-0.4, -0.2) is 52.7 Å². The summed E-state index contributed by atoms with van der Waals surface area (Å²) in [5.41, 5.74) is 0.385. The largest absolute Gasteiger partial charge is 0.401 e. The van der Waals surface area contributed by atoms with E-state index in [1.54, 1.807) is 4.90 Å². The fourth-order valence-electron chi connectivity index (χ4n) is 5.50. The van der Waals surface area contributed by atoms with Gasteiger partial charge < -0.3 is 0 Å². The van der Waals surface area contributed by atoms with E-state index in [2.05, 4.69) is 67.3 Å². The highest BCUT2D eigenvalue weighted by Gasteiger charge is 2.43. The molecule has 0 saturated carbocycles. The number of halogens is 3. The molecule has 0 amide bonds. The van der Waals surface area contributed by atoms with Gasteiger partial charge in [-0.1, -0.05) is 27.7 Å². The second kappa shape index (κ2) is 9.68. The zero-order valence-corrected chi connectivity index (χ0v) is 21.6. The van der Waals surface area contributed by atoms with Crippen molar-refractivity contribution in [2.45, 2.75) is 118 Å². The third-order valence-electron chi connectivity index (χ3n) is 7.98. The first-order valence-corrected chi connectivity index (χ1v) is 11.8. The van der Waals surface area contributed by atoms with E-state index < -0.39 is 12.7 Å². The molecule has 2 rings (SSSR count). The summed E-state index contributed by atoms with van der Waals surface area (Å²) in [4.78, 5) is 4.13. The minimum Gasteiger partial charge on any atom is -0.296 e. The molecule has 1 atom stereocenters.